The molecule has 1 aromatic carbocycles. The van der Waals surface area contributed by atoms with Crippen LogP contribution >= 0.6 is 0 Å². The van der Waals surface area contributed by atoms with Crippen LogP contribution in [0.15, 0.2) is 18.2 Å². The average Bonchev–Trinajstić information content (AvgIpc) is 3.61. The molecule has 0 radical (unpaired) electrons. The lowest BCUT2D eigenvalue weighted by Crippen LogP contribution is -2.44. The monoisotopic (exact) mass is 530 g/mol. The van der Waals surface area contributed by atoms with Crippen molar-refractivity contribution in [3.63, 3.8) is 0 Å². The molecule has 4 aliphatic heterocycles. The maximum atomic E-state index is 13.5. The van der Waals surface area contributed by atoms with Crippen molar-refractivity contribution in [2.24, 2.45) is 5.92 Å². The second kappa shape index (κ2) is 9.77. The summed E-state index contributed by atoms with van der Waals surface area (Å²) >= 11 is 0. The van der Waals surface area contributed by atoms with E-state index in [1.807, 2.05) is 20.0 Å². The topological polar surface area (TPSA) is 140 Å². The number of benzene rings is 1. The van der Waals surface area contributed by atoms with E-state index in [1.165, 1.54) is 0 Å². The van der Waals surface area contributed by atoms with Crippen molar-refractivity contribution in [1.29, 1.82) is 0 Å². The fourth-order valence-corrected chi connectivity index (χ4v) is 9.51. The number of carbonyl (C=O) groups is 3. The summed E-state index contributed by atoms with van der Waals surface area (Å²) in [5.41, 5.74) is 0.0607. The third-order valence-electron chi connectivity index (χ3n) is 8.67. The minimum atomic E-state index is -2.89. The molecule has 0 aliphatic carbocycles. The molecule has 11 heteroatoms. The van der Waals surface area contributed by atoms with E-state index < -0.39 is 25.9 Å². The Kier molecular flexibility index (Phi) is 6.95. The number of fused-ring (bicyclic) bond motifs is 2. The van der Waals surface area contributed by atoms with Crippen LogP contribution in [0.25, 0.3) is 0 Å². The molecule has 37 heavy (non-hydrogen) atoms. The van der Waals surface area contributed by atoms with Crippen molar-refractivity contribution in [3.05, 3.63) is 23.8 Å². The van der Waals surface area contributed by atoms with E-state index in [1.54, 1.807) is 23.1 Å². The Bertz CT molecular complexity index is 1090. The highest BCUT2D eigenvalue weighted by Gasteiger charge is 2.65. The zero-order valence-corrected chi connectivity index (χ0v) is 22.8. The van der Waals surface area contributed by atoms with Crippen LogP contribution in [-0.2, 0) is 24.7 Å². The number of aliphatic hydroxyl groups excluding tert-OH is 1. The van der Waals surface area contributed by atoms with Gasteiger partial charge in [-0.1, -0.05) is 6.92 Å². The molecule has 1 aromatic rings. The first-order valence-corrected chi connectivity index (χ1v) is 16.4. The van der Waals surface area contributed by atoms with E-state index in [0.717, 1.165) is 32.2 Å². The lowest BCUT2D eigenvalue weighted by molar-refractivity contribution is -0.148. The molecule has 4 heterocycles. The first kappa shape index (κ1) is 26.3. The number of amides is 3. The standard InChI is InChI=1S/C26H38N4O6Si/c1-15-23(37(2,3)35)21(13-22(32)30-11-5-6-17(30)14-31)36-26(15)18-12-16(8-9-19(18)29-25(26)34)28-24(33)20-7-4-10-27-20/h8-9,12,15,17,20-21,23,27,31,35H,4-7,10-11,13-14H2,1-3H3,(H,28,33)(H,29,34)/t15-,17-,20+,21+,23-,26+/m0/s1. The molecular weight excluding hydrogens is 492 g/mol. The molecule has 0 unspecified atom stereocenters. The fraction of sp³-hybridized carbons (Fsp3) is 0.654. The summed E-state index contributed by atoms with van der Waals surface area (Å²) in [4.78, 5) is 52.6. The highest BCUT2D eigenvalue weighted by atomic mass is 28.4. The van der Waals surface area contributed by atoms with Crippen LogP contribution in [0.1, 0.15) is 44.6 Å². The van der Waals surface area contributed by atoms with E-state index in [9.17, 15) is 24.3 Å². The molecule has 202 valence electrons. The normalized spacial score (nSPS) is 33.2. The number of rotatable bonds is 6. The van der Waals surface area contributed by atoms with Gasteiger partial charge in [-0.2, -0.15) is 0 Å². The van der Waals surface area contributed by atoms with Crippen molar-refractivity contribution in [2.45, 2.75) is 81.5 Å². The van der Waals surface area contributed by atoms with Gasteiger partial charge in [0.1, 0.15) is 0 Å². The fourth-order valence-electron chi connectivity index (χ4n) is 6.96. The summed E-state index contributed by atoms with van der Waals surface area (Å²) in [6.45, 7) is 6.87. The van der Waals surface area contributed by atoms with Crippen LogP contribution in [0, 0.1) is 5.92 Å². The molecule has 0 aromatic heterocycles. The van der Waals surface area contributed by atoms with Gasteiger partial charge in [-0.05, 0) is 63.5 Å². The van der Waals surface area contributed by atoms with Crippen molar-refractivity contribution in [3.8, 4) is 0 Å². The summed E-state index contributed by atoms with van der Waals surface area (Å²) < 4.78 is 6.59. The Labute approximate surface area is 218 Å². The summed E-state index contributed by atoms with van der Waals surface area (Å²) in [5.74, 6) is -0.951. The zero-order valence-electron chi connectivity index (χ0n) is 21.8. The number of likely N-dealkylation sites (tertiary alicyclic amines) is 1. The van der Waals surface area contributed by atoms with Crippen LogP contribution in [0.2, 0.25) is 18.6 Å². The molecule has 3 saturated heterocycles. The number of anilines is 2. The third-order valence-corrected chi connectivity index (χ3v) is 11.2. The number of nitrogens with one attached hydrogen (secondary N) is 3. The first-order valence-electron chi connectivity index (χ1n) is 13.4. The van der Waals surface area contributed by atoms with Crippen LogP contribution < -0.4 is 16.0 Å². The Balaban J connectivity index is 1.45. The summed E-state index contributed by atoms with van der Waals surface area (Å²) in [5, 5.41) is 18.8. The van der Waals surface area contributed by atoms with E-state index in [-0.39, 0.29) is 48.4 Å². The number of nitrogens with zero attached hydrogens (tertiary/aromatic N) is 1. The minimum absolute atomic E-state index is 0.0383. The lowest BCUT2D eigenvalue weighted by Gasteiger charge is -2.32. The van der Waals surface area contributed by atoms with Crippen molar-refractivity contribution in [1.82, 2.24) is 10.2 Å². The molecule has 0 bridgehead atoms. The van der Waals surface area contributed by atoms with Gasteiger partial charge in [0.25, 0.3) is 5.91 Å². The molecule has 5 N–H and O–H groups in total. The van der Waals surface area contributed by atoms with Gasteiger partial charge in [0.2, 0.25) is 11.8 Å². The Hall–Kier alpha value is -2.31. The van der Waals surface area contributed by atoms with E-state index >= 15 is 0 Å². The SMILES string of the molecule is C[C@H]1[C@H]([Si](C)(C)O)[C@@H](CC(=O)N2CCC[C@H]2CO)O[C@]12C(=O)Nc1ccc(NC(=O)[C@H]3CCCN3)cc12. The lowest BCUT2D eigenvalue weighted by atomic mass is 9.82. The van der Waals surface area contributed by atoms with Gasteiger partial charge in [0.15, 0.2) is 13.9 Å². The molecule has 1 spiro atoms. The smallest absolute Gasteiger partial charge is 0.261 e. The second-order valence-corrected chi connectivity index (χ2v) is 15.5. The largest absolute Gasteiger partial charge is 0.432 e. The van der Waals surface area contributed by atoms with Crippen LogP contribution in [-0.4, -0.2) is 78.7 Å². The highest BCUT2D eigenvalue weighted by Crippen LogP contribution is 2.58. The Morgan fingerprint density at radius 2 is 2.05 bits per heavy atom. The molecule has 3 fully saturated rings. The molecule has 3 amide bonds. The molecule has 10 nitrogen and oxygen atoms in total. The van der Waals surface area contributed by atoms with Crippen LogP contribution in [0.5, 0.6) is 0 Å². The van der Waals surface area contributed by atoms with Crippen LogP contribution in [0.4, 0.5) is 11.4 Å². The van der Waals surface area contributed by atoms with E-state index in [4.69, 9.17) is 4.74 Å². The number of hydrogen-bond acceptors (Lipinski definition) is 7. The van der Waals surface area contributed by atoms with Gasteiger partial charge >= 0.3 is 0 Å². The van der Waals surface area contributed by atoms with E-state index in [2.05, 4.69) is 16.0 Å². The predicted octanol–water partition coefficient (Wildman–Crippen LogP) is 1.50. The number of ether oxygens (including phenoxy) is 1. The molecule has 6 atom stereocenters. The van der Waals surface area contributed by atoms with Crippen molar-refractivity contribution in [2.75, 3.05) is 30.3 Å². The van der Waals surface area contributed by atoms with Gasteiger partial charge in [0, 0.05) is 34.9 Å². The number of hydrogen-bond donors (Lipinski definition) is 5. The van der Waals surface area contributed by atoms with E-state index in [0.29, 0.717) is 23.5 Å². The Morgan fingerprint density at radius 1 is 1.27 bits per heavy atom. The maximum absolute atomic E-state index is 13.5. The second-order valence-electron chi connectivity index (χ2n) is 11.5. The molecular formula is C26H38N4O6Si. The number of aliphatic hydroxyl groups is 1. The van der Waals surface area contributed by atoms with Gasteiger partial charge in [-0.25, -0.2) is 0 Å². The molecule has 5 rings (SSSR count). The van der Waals surface area contributed by atoms with Crippen molar-refractivity contribution >= 4 is 37.4 Å². The minimum Gasteiger partial charge on any atom is -0.432 e. The maximum Gasteiger partial charge on any atom is 0.261 e. The Morgan fingerprint density at radius 3 is 2.73 bits per heavy atom. The quantitative estimate of drug-likeness (QED) is 0.351. The zero-order chi connectivity index (χ0) is 26.5. The molecule has 0 saturated carbocycles. The summed E-state index contributed by atoms with van der Waals surface area (Å²) in [6.07, 6.45) is 2.73. The average molecular weight is 531 g/mol. The number of carbonyl (C=O) groups excluding carboxylic acids is 3. The highest BCUT2D eigenvalue weighted by molar-refractivity contribution is 6.71. The van der Waals surface area contributed by atoms with Crippen molar-refractivity contribution < 1.29 is 29.0 Å². The van der Waals surface area contributed by atoms with Gasteiger partial charge < -0.3 is 35.5 Å². The first-order chi connectivity index (χ1) is 17.6. The summed E-state index contributed by atoms with van der Waals surface area (Å²) in [6, 6.07) is 4.87. The predicted molar refractivity (Wildman–Crippen MR) is 140 cm³/mol. The van der Waals surface area contributed by atoms with Gasteiger partial charge in [0.05, 0.1) is 31.2 Å². The molecule has 4 aliphatic rings. The summed E-state index contributed by atoms with van der Waals surface area (Å²) in [7, 11) is -2.89. The third kappa shape index (κ3) is 4.50. The van der Waals surface area contributed by atoms with Gasteiger partial charge in [-0.15, -0.1) is 0 Å². The van der Waals surface area contributed by atoms with Crippen LogP contribution in [0.3, 0.4) is 0 Å². The van der Waals surface area contributed by atoms with Gasteiger partial charge in [-0.3, -0.25) is 14.4 Å².